The van der Waals surface area contributed by atoms with Crippen molar-refractivity contribution < 1.29 is 9.47 Å². The Hall–Kier alpha value is -3.33. The molecule has 0 amide bonds. The topological polar surface area (TPSA) is 30.8 Å². The molecule has 0 bridgehead atoms. The van der Waals surface area contributed by atoms with Gasteiger partial charge in [-0.1, -0.05) is 66.7 Å². The van der Waals surface area contributed by atoms with E-state index in [0.29, 0.717) is 12.5 Å². The number of ether oxygens (including phenoxy) is 2. The predicted molar refractivity (Wildman–Crippen MR) is 110 cm³/mol. The maximum absolute atomic E-state index is 6.00. The lowest BCUT2D eigenvalue weighted by Crippen LogP contribution is -2.10. The first-order valence-electron chi connectivity index (χ1n) is 9.00. The highest BCUT2D eigenvalue weighted by atomic mass is 16.5. The van der Waals surface area contributed by atoms with Gasteiger partial charge in [0.15, 0.2) is 0 Å². The summed E-state index contributed by atoms with van der Waals surface area (Å²) >= 11 is 0. The van der Waals surface area contributed by atoms with Crippen LogP contribution in [0.25, 0.3) is 0 Å². The van der Waals surface area contributed by atoms with Gasteiger partial charge in [0.25, 0.3) is 0 Å². The summed E-state index contributed by atoms with van der Waals surface area (Å²) in [5.74, 6) is 1.26. The number of benzene rings is 3. The molecule has 0 aromatic heterocycles. The predicted octanol–water partition coefficient (Wildman–Crippen LogP) is 5.96. The second-order valence-electron chi connectivity index (χ2n) is 6.07. The van der Waals surface area contributed by atoms with Crippen LogP contribution in [0.2, 0.25) is 0 Å². The van der Waals surface area contributed by atoms with Crippen molar-refractivity contribution in [3.8, 4) is 5.75 Å². The molecule has 0 unspecified atom stereocenters. The molecule has 3 aromatic carbocycles. The van der Waals surface area contributed by atoms with Gasteiger partial charge >= 0.3 is 0 Å². The van der Waals surface area contributed by atoms with Gasteiger partial charge in [-0.15, -0.1) is 0 Å². The van der Waals surface area contributed by atoms with Crippen LogP contribution >= 0.6 is 0 Å². The van der Waals surface area contributed by atoms with Crippen molar-refractivity contribution in [3.05, 3.63) is 108 Å². The molecule has 0 atom stereocenters. The molecule has 0 aliphatic carbocycles. The summed E-state index contributed by atoms with van der Waals surface area (Å²) in [6.07, 6.45) is 2.57. The molecule has 3 rings (SSSR count). The van der Waals surface area contributed by atoms with Crippen molar-refractivity contribution in [3.63, 3.8) is 0 Å². The van der Waals surface area contributed by atoms with Crippen LogP contribution in [-0.4, -0.2) is 12.5 Å². The summed E-state index contributed by atoms with van der Waals surface area (Å²) in [5.41, 5.74) is 2.92. The maximum atomic E-state index is 6.00. The zero-order chi connectivity index (χ0) is 18.7. The Morgan fingerprint density at radius 2 is 1.41 bits per heavy atom. The number of nitrogens with zero attached hydrogens (tertiary/aromatic N) is 1. The third-order valence-corrected chi connectivity index (χ3v) is 3.89. The molecule has 0 fully saturated rings. The highest BCUT2D eigenvalue weighted by Gasteiger charge is 2.07. The number of hydrogen-bond acceptors (Lipinski definition) is 3. The molecule has 0 aliphatic rings. The van der Waals surface area contributed by atoms with Gasteiger partial charge < -0.3 is 9.47 Å². The molecule has 3 aromatic rings. The molecule has 0 N–H and O–H groups in total. The molecule has 27 heavy (non-hydrogen) atoms. The van der Waals surface area contributed by atoms with Crippen LogP contribution < -0.4 is 4.74 Å². The monoisotopic (exact) mass is 357 g/mol. The second kappa shape index (κ2) is 9.97. The lowest BCUT2D eigenvalue weighted by Gasteiger charge is -2.10. The minimum Gasteiger partial charge on any atom is -0.500 e. The van der Waals surface area contributed by atoms with Crippen LogP contribution in [0, 0.1) is 0 Å². The largest absolute Gasteiger partial charge is 0.500 e. The van der Waals surface area contributed by atoms with E-state index in [2.05, 4.69) is 17.1 Å². The highest BCUT2D eigenvalue weighted by Crippen LogP contribution is 2.17. The maximum Gasteiger partial charge on any atom is 0.225 e. The Labute approximate surface area is 160 Å². The summed E-state index contributed by atoms with van der Waals surface area (Å²) in [4.78, 5) is 4.64. The van der Waals surface area contributed by atoms with E-state index in [0.717, 1.165) is 23.4 Å². The van der Waals surface area contributed by atoms with Crippen LogP contribution in [0.4, 0.5) is 5.69 Å². The molecule has 0 saturated carbocycles. The van der Waals surface area contributed by atoms with Crippen molar-refractivity contribution in [1.82, 2.24) is 0 Å². The molecule has 3 nitrogen and oxygen atoms in total. The van der Waals surface area contributed by atoms with E-state index in [1.807, 2.05) is 85.8 Å². The Balaban J connectivity index is 1.70. The standard InChI is InChI=1S/C24H23NO2/c1-20(19-26-18-17-21-11-5-2-6-12-21)24(25-22-13-7-3-8-14-22)27-23-15-9-4-10-16-23/h2-16,19H,17-18H2,1H3/b20-19?,25-24+. The van der Waals surface area contributed by atoms with Crippen LogP contribution in [-0.2, 0) is 11.2 Å². The van der Waals surface area contributed by atoms with Crippen LogP contribution in [0.5, 0.6) is 5.75 Å². The minimum atomic E-state index is 0.520. The van der Waals surface area contributed by atoms with Gasteiger partial charge in [-0.3, -0.25) is 0 Å². The summed E-state index contributed by atoms with van der Waals surface area (Å²) in [6.45, 7) is 2.54. The van der Waals surface area contributed by atoms with Crippen LogP contribution in [0.1, 0.15) is 12.5 Å². The zero-order valence-corrected chi connectivity index (χ0v) is 15.4. The molecule has 0 spiro atoms. The van der Waals surface area contributed by atoms with Crippen molar-refractivity contribution in [2.45, 2.75) is 13.3 Å². The number of rotatable bonds is 7. The molecule has 3 heteroatoms. The van der Waals surface area contributed by atoms with Crippen molar-refractivity contribution in [2.24, 2.45) is 4.99 Å². The van der Waals surface area contributed by atoms with Gasteiger partial charge in [-0.2, -0.15) is 0 Å². The first-order valence-corrected chi connectivity index (χ1v) is 9.00. The molecule has 136 valence electrons. The van der Waals surface area contributed by atoms with Gasteiger partial charge in [0.2, 0.25) is 5.90 Å². The molecule has 0 heterocycles. The van der Waals surface area contributed by atoms with Crippen molar-refractivity contribution in [2.75, 3.05) is 6.61 Å². The first kappa shape index (κ1) is 18.5. The van der Waals surface area contributed by atoms with E-state index in [-0.39, 0.29) is 0 Å². The van der Waals surface area contributed by atoms with Crippen LogP contribution in [0.3, 0.4) is 0 Å². The van der Waals surface area contributed by atoms with E-state index in [9.17, 15) is 0 Å². The highest BCUT2D eigenvalue weighted by molar-refractivity contribution is 5.96. The third kappa shape index (κ3) is 6.15. The lowest BCUT2D eigenvalue weighted by molar-refractivity contribution is 0.251. The van der Waals surface area contributed by atoms with Crippen molar-refractivity contribution >= 4 is 11.6 Å². The average molecular weight is 357 g/mol. The Kier molecular flexibility index (Phi) is 6.82. The number of para-hydroxylation sites is 2. The van der Waals surface area contributed by atoms with E-state index in [1.54, 1.807) is 6.26 Å². The Morgan fingerprint density at radius 1 is 0.815 bits per heavy atom. The van der Waals surface area contributed by atoms with Crippen LogP contribution in [0.15, 0.2) is 108 Å². The van der Waals surface area contributed by atoms with Gasteiger partial charge in [0.1, 0.15) is 5.75 Å². The van der Waals surface area contributed by atoms with E-state index in [1.165, 1.54) is 5.56 Å². The number of hydrogen-bond donors (Lipinski definition) is 0. The summed E-state index contributed by atoms with van der Waals surface area (Å²) in [5, 5.41) is 0. The Morgan fingerprint density at radius 3 is 2.07 bits per heavy atom. The minimum absolute atomic E-state index is 0.520. The van der Waals surface area contributed by atoms with E-state index >= 15 is 0 Å². The van der Waals surface area contributed by atoms with E-state index < -0.39 is 0 Å². The van der Waals surface area contributed by atoms with Crippen molar-refractivity contribution in [1.29, 1.82) is 0 Å². The van der Waals surface area contributed by atoms with Gasteiger partial charge in [0.05, 0.1) is 18.6 Å². The Bertz CT molecular complexity index is 872. The molecular weight excluding hydrogens is 334 g/mol. The first-order chi connectivity index (χ1) is 13.3. The summed E-state index contributed by atoms with van der Waals surface area (Å²) in [7, 11) is 0. The SMILES string of the molecule is CC(=COCCc1ccccc1)/C(=N\c1ccccc1)Oc1ccccc1. The third-order valence-electron chi connectivity index (χ3n) is 3.89. The number of aliphatic imine (C=N–C) groups is 1. The fourth-order valence-electron chi connectivity index (χ4n) is 2.47. The quantitative estimate of drug-likeness (QED) is 0.226. The lowest BCUT2D eigenvalue weighted by atomic mass is 10.2. The second-order valence-corrected chi connectivity index (χ2v) is 6.07. The van der Waals surface area contributed by atoms with Gasteiger partial charge in [-0.05, 0) is 36.8 Å². The van der Waals surface area contributed by atoms with E-state index in [4.69, 9.17) is 9.47 Å². The van der Waals surface area contributed by atoms with Gasteiger partial charge in [0, 0.05) is 12.0 Å². The molecular formula is C24H23NO2. The normalized spacial score (nSPS) is 11.9. The molecule has 0 radical (unpaired) electrons. The fraction of sp³-hybridized carbons (Fsp3) is 0.125. The zero-order valence-electron chi connectivity index (χ0n) is 15.4. The smallest absolute Gasteiger partial charge is 0.225 e. The summed E-state index contributed by atoms with van der Waals surface area (Å²) < 4.78 is 11.7. The fourth-order valence-corrected chi connectivity index (χ4v) is 2.47. The average Bonchev–Trinajstić information content (AvgIpc) is 2.73. The summed E-state index contributed by atoms with van der Waals surface area (Å²) in [6, 6.07) is 29.7. The molecule has 0 aliphatic heterocycles. The molecule has 0 saturated heterocycles. The van der Waals surface area contributed by atoms with Gasteiger partial charge in [-0.25, -0.2) is 4.99 Å².